The van der Waals surface area contributed by atoms with E-state index in [1.54, 1.807) is 13.4 Å². The number of methoxy groups -OCH3 is 1. The minimum atomic E-state index is 0.566. The summed E-state index contributed by atoms with van der Waals surface area (Å²) in [5.41, 5.74) is 0. The number of hydrogen-bond acceptors (Lipinski definition) is 5. The van der Waals surface area contributed by atoms with E-state index < -0.39 is 0 Å². The van der Waals surface area contributed by atoms with Gasteiger partial charge in [0.25, 0.3) is 0 Å². The number of hydrogen-bond donors (Lipinski definition) is 0. The van der Waals surface area contributed by atoms with Crippen LogP contribution in [0.2, 0.25) is 0 Å². The molecule has 21 heavy (non-hydrogen) atoms. The standard InChI is InChI=1S/C16H19N3O2/c1-20-13-5-7-14(8-6-13)21-16-11-15(17-12-18-16)19-9-3-2-4-10-19/h5-8,11-12H,2-4,9-10H2,1H3. The van der Waals surface area contributed by atoms with Gasteiger partial charge in [-0.3, -0.25) is 0 Å². The Kier molecular flexibility index (Phi) is 4.19. The molecule has 1 aliphatic rings. The Hall–Kier alpha value is -2.30. The Bertz CT molecular complexity index is 580. The van der Waals surface area contributed by atoms with Crippen molar-refractivity contribution in [1.29, 1.82) is 0 Å². The van der Waals surface area contributed by atoms with Gasteiger partial charge in [-0.05, 0) is 43.5 Å². The summed E-state index contributed by atoms with van der Waals surface area (Å²) in [6, 6.07) is 9.35. The highest BCUT2D eigenvalue weighted by atomic mass is 16.5. The molecule has 1 aromatic heterocycles. The molecule has 3 rings (SSSR count). The lowest BCUT2D eigenvalue weighted by molar-refractivity contribution is 0.412. The molecule has 0 spiro atoms. The van der Waals surface area contributed by atoms with Crippen molar-refractivity contribution in [2.75, 3.05) is 25.1 Å². The van der Waals surface area contributed by atoms with Crippen molar-refractivity contribution in [3.63, 3.8) is 0 Å². The van der Waals surface area contributed by atoms with E-state index in [1.165, 1.54) is 19.3 Å². The fourth-order valence-electron chi connectivity index (χ4n) is 2.45. The highest BCUT2D eigenvalue weighted by Crippen LogP contribution is 2.25. The lowest BCUT2D eigenvalue weighted by Gasteiger charge is -2.27. The third-order valence-corrected chi connectivity index (χ3v) is 3.59. The van der Waals surface area contributed by atoms with E-state index in [0.717, 1.165) is 30.4 Å². The summed E-state index contributed by atoms with van der Waals surface area (Å²) in [4.78, 5) is 10.8. The van der Waals surface area contributed by atoms with Crippen LogP contribution in [0.3, 0.4) is 0 Å². The molecule has 1 fully saturated rings. The Labute approximate surface area is 124 Å². The molecule has 5 heteroatoms. The topological polar surface area (TPSA) is 47.5 Å². The molecule has 5 nitrogen and oxygen atoms in total. The zero-order chi connectivity index (χ0) is 14.5. The molecule has 1 saturated heterocycles. The van der Waals surface area contributed by atoms with Crippen LogP contribution in [0.25, 0.3) is 0 Å². The fourth-order valence-corrected chi connectivity index (χ4v) is 2.45. The zero-order valence-electron chi connectivity index (χ0n) is 12.2. The Morgan fingerprint density at radius 1 is 0.952 bits per heavy atom. The molecule has 0 unspecified atom stereocenters. The number of ether oxygens (including phenoxy) is 2. The van der Waals surface area contributed by atoms with E-state index in [1.807, 2.05) is 30.3 Å². The first-order valence-corrected chi connectivity index (χ1v) is 7.24. The van der Waals surface area contributed by atoms with Crippen molar-refractivity contribution in [2.45, 2.75) is 19.3 Å². The summed E-state index contributed by atoms with van der Waals surface area (Å²) in [7, 11) is 1.64. The van der Waals surface area contributed by atoms with Crippen LogP contribution in [-0.2, 0) is 0 Å². The second kappa shape index (κ2) is 6.43. The van der Waals surface area contributed by atoms with Gasteiger partial charge in [0.15, 0.2) is 0 Å². The minimum absolute atomic E-state index is 0.566. The molecule has 0 atom stereocenters. The van der Waals surface area contributed by atoms with Crippen LogP contribution < -0.4 is 14.4 Å². The summed E-state index contributed by atoms with van der Waals surface area (Å²) < 4.78 is 10.9. The zero-order valence-corrected chi connectivity index (χ0v) is 12.2. The summed E-state index contributed by atoms with van der Waals surface area (Å²) in [5, 5.41) is 0. The van der Waals surface area contributed by atoms with Gasteiger partial charge >= 0.3 is 0 Å². The van der Waals surface area contributed by atoms with Crippen LogP contribution in [0.5, 0.6) is 17.4 Å². The van der Waals surface area contributed by atoms with Crippen molar-refractivity contribution in [3.05, 3.63) is 36.7 Å². The van der Waals surface area contributed by atoms with E-state index in [2.05, 4.69) is 14.9 Å². The average Bonchev–Trinajstić information content (AvgIpc) is 2.57. The monoisotopic (exact) mass is 285 g/mol. The molecule has 0 saturated carbocycles. The molecule has 1 aliphatic heterocycles. The number of rotatable bonds is 4. The maximum atomic E-state index is 5.78. The highest BCUT2D eigenvalue weighted by molar-refractivity contribution is 5.42. The predicted octanol–water partition coefficient (Wildman–Crippen LogP) is 3.27. The van der Waals surface area contributed by atoms with Gasteiger partial charge in [-0.15, -0.1) is 0 Å². The Morgan fingerprint density at radius 2 is 1.67 bits per heavy atom. The molecule has 0 amide bonds. The summed E-state index contributed by atoms with van der Waals surface area (Å²) in [6.07, 6.45) is 5.30. The number of benzene rings is 1. The largest absolute Gasteiger partial charge is 0.497 e. The van der Waals surface area contributed by atoms with Crippen LogP contribution in [0.1, 0.15) is 19.3 Å². The first-order chi connectivity index (χ1) is 10.3. The van der Waals surface area contributed by atoms with Crippen LogP contribution in [-0.4, -0.2) is 30.2 Å². The Morgan fingerprint density at radius 3 is 2.38 bits per heavy atom. The first kappa shape index (κ1) is 13.7. The van der Waals surface area contributed by atoms with E-state index in [9.17, 15) is 0 Å². The smallest absolute Gasteiger partial charge is 0.224 e. The summed E-state index contributed by atoms with van der Waals surface area (Å²) in [6.45, 7) is 2.11. The maximum absolute atomic E-state index is 5.78. The van der Waals surface area contributed by atoms with Crippen LogP contribution in [0.4, 0.5) is 5.82 Å². The van der Waals surface area contributed by atoms with Crippen molar-refractivity contribution < 1.29 is 9.47 Å². The molecule has 2 heterocycles. The third-order valence-electron chi connectivity index (χ3n) is 3.59. The number of aromatic nitrogens is 2. The van der Waals surface area contributed by atoms with Crippen molar-refractivity contribution in [1.82, 2.24) is 9.97 Å². The van der Waals surface area contributed by atoms with Gasteiger partial charge in [-0.25, -0.2) is 9.97 Å². The highest BCUT2D eigenvalue weighted by Gasteiger charge is 2.13. The van der Waals surface area contributed by atoms with Crippen molar-refractivity contribution in [2.24, 2.45) is 0 Å². The Balaban J connectivity index is 1.72. The van der Waals surface area contributed by atoms with Gasteiger partial charge in [0.2, 0.25) is 5.88 Å². The number of anilines is 1. The lowest BCUT2D eigenvalue weighted by atomic mass is 10.1. The SMILES string of the molecule is COc1ccc(Oc2cc(N3CCCCC3)ncn2)cc1. The number of piperidine rings is 1. The lowest BCUT2D eigenvalue weighted by Crippen LogP contribution is -2.30. The minimum Gasteiger partial charge on any atom is -0.497 e. The summed E-state index contributed by atoms with van der Waals surface area (Å²) in [5.74, 6) is 3.04. The second-order valence-corrected chi connectivity index (χ2v) is 5.04. The number of nitrogens with zero attached hydrogens (tertiary/aromatic N) is 3. The van der Waals surface area contributed by atoms with Gasteiger partial charge in [0.05, 0.1) is 7.11 Å². The quantitative estimate of drug-likeness (QED) is 0.863. The molecule has 1 aromatic carbocycles. The normalized spacial score (nSPS) is 14.8. The molecule has 0 N–H and O–H groups in total. The van der Waals surface area contributed by atoms with Gasteiger partial charge < -0.3 is 14.4 Å². The van der Waals surface area contributed by atoms with E-state index in [4.69, 9.17) is 9.47 Å². The van der Waals surface area contributed by atoms with Crippen LogP contribution >= 0.6 is 0 Å². The van der Waals surface area contributed by atoms with Crippen LogP contribution in [0, 0.1) is 0 Å². The summed E-state index contributed by atoms with van der Waals surface area (Å²) >= 11 is 0. The molecule has 110 valence electrons. The molecule has 0 aliphatic carbocycles. The van der Waals surface area contributed by atoms with E-state index >= 15 is 0 Å². The van der Waals surface area contributed by atoms with Gasteiger partial charge in [-0.2, -0.15) is 0 Å². The van der Waals surface area contributed by atoms with Crippen LogP contribution in [0.15, 0.2) is 36.7 Å². The molecule has 0 radical (unpaired) electrons. The fraction of sp³-hybridized carbons (Fsp3) is 0.375. The van der Waals surface area contributed by atoms with E-state index in [0.29, 0.717) is 5.88 Å². The van der Waals surface area contributed by atoms with Crippen molar-refractivity contribution >= 4 is 5.82 Å². The maximum Gasteiger partial charge on any atom is 0.224 e. The average molecular weight is 285 g/mol. The first-order valence-electron chi connectivity index (χ1n) is 7.24. The molecule has 2 aromatic rings. The molecular weight excluding hydrogens is 266 g/mol. The van der Waals surface area contributed by atoms with E-state index in [-0.39, 0.29) is 0 Å². The van der Waals surface area contributed by atoms with Crippen molar-refractivity contribution in [3.8, 4) is 17.4 Å². The molecular formula is C16H19N3O2. The van der Waals surface area contributed by atoms with Gasteiger partial charge in [-0.1, -0.05) is 0 Å². The second-order valence-electron chi connectivity index (χ2n) is 5.04. The predicted molar refractivity (Wildman–Crippen MR) is 81.2 cm³/mol. The van der Waals surface area contributed by atoms with Gasteiger partial charge in [0.1, 0.15) is 23.6 Å². The third kappa shape index (κ3) is 3.42. The molecule has 0 bridgehead atoms. The van der Waals surface area contributed by atoms with Gasteiger partial charge in [0, 0.05) is 19.2 Å².